The summed E-state index contributed by atoms with van der Waals surface area (Å²) in [6, 6.07) is 12.1. The van der Waals surface area contributed by atoms with Crippen LogP contribution in [0.15, 0.2) is 30.6 Å². The lowest BCUT2D eigenvalue weighted by molar-refractivity contribution is -0.126. The van der Waals surface area contributed by atoms with E-state index in [0.717, 1.165) is 67.5 Å². The van der Waals surface area contributed by atoms with Gasteiger partial charge in [-0.2, -0.15) is 18.4 Å². The van der Waals surface area contributed by atoms with Crippen molar-refractivity contribution in [2.75, 3.05) is 18.4 Å². The first-order chi connectivity index (χ1) is 24.2. The zero-order valence-corrected chi connectivity index (χ0v) is 30.2. The van der Waals surface area contributed by atoms with Crippen LogP contribution in [0.25, 0.3) is 21.1 Å². The normalized spacial score (nSPS) is 21.3. The lowest BCUT2D eigenvalue weighted by atomic mass is 9.78. The van der Waals surface area contributed by atoms with Crippen LogP contribution in [0.4, 0.5) is 19.0 Å². The number of alkyl halides is 3. The summed E-state index contributed by atoms with van der Waals surface area (Å²) in [7, 11) is 0. The molecule has 1 atom stereocenters. The number of thiophene rings is 1. The van der Waals surface area contributed by atoms with E-state index in [4.69, 9.17) is 0 Å². The van der Waals surface area contributed by atoms with E-state index < -0.39 is 12.6 Å². The highest BCUT2D eigenvalue weighted by atomic mass is 32.1. The lowest BCUT2D eigenvalue weighted by Gasteiger charge is -2.39. The van der Waals surface area contributed by atoms with Crippen LogP contribution in [0.3, 0.4) is 0 Å². The third-order valence-electron chi connectivity index (χ3n) is 11.6. The van der Waals surface area contributed by atoms with E-state index in [-0.39, 0.29) is 10.9 Å². The van der Waals surface area contributed by atoms with Gasteiger partial charge in [-0.1, -0.05) is 38.7 Å². The Labute approximate surface area is 297 Å². The lowest BCUT2D eigenvalue weighted by Crippen LogP contribution is -2.47. The maximum Gasteiger partial charge on any atom is 0.393 e. The fourth-order valence-electron chi connectivity index (χ4n) is 8.45. The molecule has 4 heterocycles. The Morgan fingerprint density at radius 1 is 1.02 bits per heavy atom. The number of hydrogen-bond donors (Lipinski definition) is 2. The molecule has 0 radical (unpaired) electrons. The van der Waals surface area contributed by atoms with E-state index >= 15 is 0 Å². The Bertz CT molecular complexity index is 1810. The van der Waals surface area contributed by atoms with Crippen LogP contribution in [-0.4, -0.2) is 56.8 Å². The fourth-order valence-corrected chi connectivity index (χ4v) is 9.47. The molecule has 11 heteroatoms. The van der Waals surface area contributed by atoms with E-state index in [1.165, 1.54) is 80.6 Å². The number of aryl methyl sites for hydroxylation is 1. The molecular weight excluding hydrogens is 656 g/mol. The molecule has 2 aliphatic carbocycles. The predicted octanol–water partition coefficient (Wildman–Crippen LogP) is 9.12. The predicted molar refractivity (Wildman–Crippen MR) is 195 cm³/mol. The maximum atomic E-state index is 13.0. The van der Waals surface area contributed by atoms with Crippen LogP contribution in [0.2, 0.25) is 0 Å². The monoisotopic (exact) mass is 705 g/mol. The first-order valence-corrected chi connectivity index (χ1v) is 19.5. The summed E-state index contributed by atoms with van der Waals surface area (Å²) in [5.74, 6) is 2.18. The molecule has 50 heavy (non-hydrogen) atoms. The zero-order chi connectivity index (χ0) is 34.8. The van der Waals surface area contributed by atoms with Crippen molar-refractivity contribution in [3.63, 3.8) is 0 Å². The minimum Gasteiger partial charge on any atom is -0.367 e. The Kier molecular flexibility index (Phi) is 10.7. The van der Waals surface area contributed by atoms with Crippen molar-refractivity contribution >= 4 is 38.3 Å². The Morgan fingerprint density at radius 2 is 1.82 bits per heavy atom. The fraction of sp³-hybridized carbons (Fsp3) is 0.615. The second kappa shape index (κ2) is 15.2. The summed E-state index contributed by atoms with van der Waals surface area (Å²) in [4.78, 5) is 11.9. The third-order valence-corrected chi connectivity index (χ3v) is 12.6. The maximum absolute atomic E-state index is 13.0. The van der Waals surface area contributed by atoms with Crippen molar-refractivity contribution in [3.8, 4) is 6.07 Å². The second-order valence-corrected chi connectivity index (χ2v) is 16.4. The summed E-state index contributed by atoms with van der Waals surface area (Å²) in [6.45, 7) is 8.05. The Hall–Kier alpha value is -3.20. The molecule has 1 aromatic carbocycles. The van der Waals surface area contributed by atoms with Crippen molar-refractivity contribution in [2.45, 2.75) is 128 Å². The van der Waals surface area contributed by atoms with Gasteiger partial charge in [-0.3, -0.25) is 4.90 Å². The number of aromatic nitrogens is 3. The number of likely N-dealkylation sites (tertiary alicyclic amines) is 1. The van der Waals surface area contributed by atoms with Crippen molar-refractivity contribution in [2.24, 2.45) is 11.8 Å². The number of fused-ring (bicyclic) bond motifs is 2. The van der Waals surface area contributed by atoms with Gasteiger partial charge in [0, 0.05) is 60.1 Å². The Morgan fingerprint density at radius 3 is 2.52 bits per heavy atom. The highest BCUT2D eigenvalue weighted by Crippen LogP contribution is 2.36. The van der Waals surface area contributed by atoms with Gasteiger partial charge in [0.05, 0.1) is 11.8 Å². The quantitative estimate of drug-likeness (QED) is 0.136. The van der Waals surface area contributed by atoms with Crippen LogP contribution in [0, 0.1) is 30.1 Å². The van der Waals surface area contributed by atoms with Crippen molar-refractivity contribution in [3.05, 3.63) is 52.3 Å². The molecule has 4 aromatic rings. The SMILES string of the molecule is CCCC(CCC1CCC1)NC1CC(Cn2c(C#N)cc3c(C)c(CN4CCC(Nc5ncnc6sc(CC(F)(F)F)cc56)CC4)ccc32)C1. The summed E-state index contributed by atoms with van der Waals surface area (Å²) in [5.41, 5.74) is 4.45. The standard InChI is InChI=1S/C39H50F3N7S/c1-3-5-29(10-8-26-6-4-7-26)46-31-16-27(17-31)22-49-32(21-43)18-34-25(2)28(9-11-36(34)49)23-48-14-12-30(13-15-48)47-37-35-19-33(20-39(40,41)42)50-38(35)45-24-44-37/h9,11,18-19,24,26-27,29-31,46H,3-8,10,12-17,20,22-23H2,1-2H3,(H,44,45,47). The molecule has 0 bridgehead atoms. The van der Waals surface area contributed by atoms with Gasteiger partial charge in [-0.15, -0.1) is 11.3 Å². The van der Waals surface area contributed by atoms with Crippen molar-refractivity contribution in [1.82, 2.24) is 24.8 Å². The van der Waals surface area contributed by atoms with Crippen molar-refractivity contribution < 1.29 is 13.2 Å². The second-order valence-electron chi connectivity index (χ2n) is 15.2. The average molecular weight is 706 g/mol. The third kappa shape index (κ3) is 8.13. The largest absolute Gasteiger partial charge is 0.393 e. The number of halogens is 3. The van der Waals surface area contributed by atoms with E-state index in [1.807, 2.05) is 0 Å². The van der Waals surface area contributed by atoms with Gasteiger partial charge in [0.25, 0.3) is 0 Å². The first kappa shape index (κ1) is 35.2. The summed E-state index contributed by atoms with van der Waals surface area (Å²) in [6.07, 6.45) is 9.93. The summed E-state index contributed by atoms with van der Waals surface area (Å²) >= 11 is 1.08. The molecule has 3 fully saturated rings. The molecule has 3 aliphatic rings. The number of rotatable bonds is 14. The van der Waals surface area contributed by atoms with E-state index in [1.54, 1.807) is 6.07 Å². The molecule has 0 amide bonds. The smallest absolute Gasteiger partial charge is 0.367 e. The topological polar surface area (TPSA) is 81.8 Å². The zero-order valence-electron chi connectivity index (χ0n) is 29.4. The van der Waals surface area contributed by atoms with Crippen LogP contribution in [0.1, 0.15) is 99.3 Å². The molecule has 1 unspecified atom stereocenters. The highest BCUT2D eigenvalue weighted by molar-refractivity contribution is 7.18. The number of nitrogens with one attached hydrogen (secondary N) is 2. The number of nitriles is 1. The number of anilines is 1. The highest BCUT2D eigenvalue weighted by Gasteiger charge is 2.32. The summed E-state index contributed by atoms with van der Waals surface area (Å²) < 4.78 is 41.2. The minimum atomic E-state index is -4.25. The van der Waals surface area contributed by atoms with Gasteiger partial charge < -0.3 is 15.2 Å². The molecule has 2 saturated carbocycles. The van der Waals surface area contributed by atoms with Gasteiger partial charge in [-0.05, 0) is 93.0 Å². The van der Waals surface area contributed by atoms with Gasteiger partial charge in [0.2, 0.25) is 0 Å². The molecule has 2 N–H and O–H groups in total. The molecule has 1 saturated heterocycles. The minimum absolute atomic E-state index is 0.192. The molecule has 268 valence electrons. The van der Waals surface area contributed by atoms with Gasteiger partial charge in [0.15, 0.2) is 0 Å². The molecule has 0 spiro atoms. The molecule has 7 rings (SSSR count). The van der Waals surface area contributed by atoms with E-state index in [2.05, 4.69) is 68.2 Å². The molecule has 3 aromatic heterocycles. The van der Waals surface area contributed by atoms with Crippen LogP contribution in [-0.2, 0) is 19.5 Å². The molecule has 7 nitrogen and oxygen atoms in total. The number of hydrogen-bond acceptors (Lipinski definition) is 7. The number of piperidine rings is 1. The number of nitrogens with zero attached hydrogens (tertiary/aromatic N) is 5. The number of benzene rings is 1. The van der Waals surface area contributed by atoms with Crippen LogP contribution >= 0.6 is 11.3 Å². The van der Waals surface area contributed by atoms with Gasteiger partial charge in [-0.25, -0.2) is 9.97 Å². The first-order valence-electron chi connectivity index (χ1n) is 18.7. The van der Waals surface area contributed by atoms with Gasteiger partial charge in [0.1, 0.15) is 28.7 Å². The van der Waals surface area contributed by atoms with Crippen molar-refractivity contribution in [1.29, 1.82) is 5.26 Å². The molecular formula is C39H50F3N7S. The summed E-state index contributed by atoms with van der Waals surface area (Å²) in [5, 5.41) is 19.4. The molecule has 1 aliphatic heterocycles. The van der Waals surface area contributed by atoms with Crippen LogP contribution in [0.5, 0.6) is 0 Å². The van der Waals surface area contributed by atoms with E-state index in [9.17, 15) is 18.4 Å². The van der Waals surface area contributed by atoms with Gasteiger partial charge >= 0.3 is 6.18 Å². The Balaban J connectivity index is 0.929. The average Bonchev–Trinajstić information content (AvgIpc) is 3.62. The van der Waals surface area contributed by atoms with Crippen LogP contribution < -0.4 is 10.6 Å². The van der Waals surface area contributed by atoms with E-state index in [0.29, 0.717) is 34.0 Å².